The number of nitrogens with zero attached hydrogens (tertiary/aromatic N) is 5. The van der Waals surface area contributed by atoms with Crippen molar-refractivity contribution in [3.63, 3.8) is 0 Å². The highest BCUT2D eigenvalue weighted by Crippen LogP contribution is 2.18. The molecule has 2 N–H and O–H groups in total. The van der Waals surface area contributed by atoms with Gasteiger partial charge in [-0.1, -0.05) is 32.0 Å². The summed E-state index contributed by atoms with van der Waals surface area (Å²) in [6.45, 7) is 7.48. The number of hydrogen-bond donors (Lipinski definition) is 2. The largest absolute Gasteiger partial charge is 0.463 e. The average Bonchev–Trinajstić information content (AvgIpc) is 3.21. The number of aromatic amines is 1. The van der Waals surface area contributed by atoms with Gasteiger partial charge in [0.1, 0.15) is 0 Å². The molecule has 0 fully saturated rings. The molecule has 10 nitrogen and oxygen atoms in total. The van der Waals surface area contributed by atoms with Crippen molar-refractivity contribution in [2.45, 2.75) is 33.6 Å². The molecular weight excluding hydrogens is 410 g/mol. The van der Waals surface area contributed by atoms with Crippen LogP contribution in [0.25, 0.3) is 10.9 Å². The number of aromatic nitrogens is 4. The molecule has 0 bridgehead atoms. The Kier molecular flexibility index (Phi) is 8.36. The van der Waals surface area contributed by atoms with E-state index in [9.17, 15) is 4.79 Å². The zero-order valence-corrected chi connectivity index (χ0v) is 18.7. The Morgan fingerprint density at radius 3 is 2.69 bits per heavy atom. The Labute approximate surface area is 187 Å². The smallest absolute Gasteiger partial charge is 0.344 e. The van der Waals surface area contributed by atoms with Gasteiger partial charge in [0, 0.05) is 35.8 Å². The number of carbonyl (C=O) groups is 1. The lowest BCUT2D eigenvalue weighted by Crippen LogP contribution is -2.27. The quantitative estimate of drug-likeness (QED) is 0.251. The van der Waals surface area contributed by atoms with Crippen LogP contribution in [0.15, 0.2) is 35.6 Å². The van der Waals surface area contributed by atoms with Gasteiger partial charge in [-0.15, -0.1) is 0 Å². The fourth-order valence-corrected chi connectivity index (χ4v) is 3.14. The fourth-order valence-electron chi connectivity index (χ4n) is 3.14. The van der Waals surface area contributed by atoms with E-state index >= 15 is 0 Å². The molecule has 0 saturated carbocycles. The Morgan fingerprint density at radius 1 is 1.16 bits per heavy atom. The molecule has 0 aliphatic carbocycles. The number of nitrogens with one attached hydrogen (secondary N) is 2. The summed E-state index contributed by atoms with van der Waals surface area (Å²) < 4.78 is 10.4. The number of ether oxygens (including phenoxy) is 2. The molecule has 0 amide bonds. The van der Waals surface area contributed by atoms with Crippen LogP contribution in [0, 0.1) is 0 Å². The summed E-state index contributed by atoms with van der Waals surface area (Å²) in [4.78, 5) is 30.0. The zero-order valence-electron chi connectivity index (χ0n) is 18.7. The zero-order chi connectivity index (χ0) is 22.8. The van der Waals surface area contributed by atoms with Crippen LogP contribution in [0.2, 0.25) is 0 Å². The fraction of sp³-hybridized carbons (Fsp3) is 0.409. The third kappa shape index (κ3) is 6.16. The summed E-state index contributed by atoms with van der Waals surface area (Å²) in [7, 11) is 0. The summed E-state index contributed by atoms with van der Waals surface area (Å²) in [6, 6.07) is 8.00. The van der Waals surface area contributed by atoms with Crippen LogP contribution < -0.4 is 15.1 Å². The van der Waals surface area contributed by atoms with Gasteiger partial charge in [0.2, 0.25) is 5.95 Å². The summed E-state index contributed by atoms with van der Waals surface area (Å²) in [5.74, 6) is 0.204. The van der Waals surface area contributed by atoms with E-state index in [0.29, 0.717) is 5.95 Å². The minimum Gasteiger partial charge on any atom is -0.463 e. The van der Waals surface area contributed by atoms with Gasteiger partial charge in [-0.3, -0.25) is 0 Å². The Hall–Kier alpha value is -3.69. The molecule has 0 radical (unpaired) electrons. The van der Waals surface area contributed by atoms with Crippen LogP contribution in [0.3, 0.4) is 0 Å². The first-order valence-corrected chi connectivity index (χ1v) is 10.8. The first-order chi connectivity index (χ1) is 15.6. The number of H-pyrrole nitrogens is 1. The van der Waals surface area contributed by atoms with Crippen LogP contribution in [-0.2, 0) is 9.53 Å². The van der Waals surface area contributed by atoms with E-state index in [1.54, 1.807) is 13.1 Å². The second kappa shape index (κ2) is 11.6. The van der Waals surface area contributed by atoms with Crippen molar-refractivity contribution in [3.05, 3.63) is 36.0 Å². The third-order valence-corrected chi connectivity index (χ3v) is 4.49. The highest BCUT2D eigenvalue weighted by Gasteiger charge is 2.15. The number of benzene rings is 1. The second-order valence-corrected chi connectivity index (χ2v) is 6.98. The number of para-hydroxylation sites is 1. The van der Waals surface area contributed by atoms with Crippen molar-refractivity contribution in [2.24, 2.45) is 5.10 Å². The first kappa shape index (κ1) is 23.0. The number of esters is 1. The van der Waals surface area contributed by atoms with Gasteiger partial charge in [0.25, 0.3) is 5.95 Å². The first-order valence-electron chi connectivity index (χ1n) is 10.8. The average molecular weight is 440 g/mol. The molecule has 0 aliphatic heterocycles. The number of rotatable bonds is 12. The van der Waals surface area contributed by atoms with E-state index in [-0.39, 0.29) is 25.2 Å². The van der Waals surface area contributed by atoms with Crippen LogP contribution >= 0.6 is 0 Å². The highest BCUT2D eigenvalue weighted by atomic mass is 16.6. The standard InChI is InChI=1S/C22H29N7O3/c1-4-11-29(12-5-2)21-25-20(26-22(27-21)32-15-19(30)31-6-3)28-24-14-16-13-23-18-10-8-7-9-17(16)18/h7-10,13-14,23H,4-6,11-12,15H2,1-3H3,(H,25,26,27,28)/b24-14+. The maximum Gasteiger partial charge on any atom is 0.344 e. The van der Waals surface area contributed by atoms with E-state index in [4.69, 9.17) is 9.47 Å². The van der Waals surface area contributed by atoms with Crippen molar-refractivity contribution >= 4 is 35.0 Å². The predicted molar refractivity (Wildman–Crippen MR) is 124 cm³/mol. The molecule has 0 aliphatic rings. The molecular formula is C22H29N7O3. The molecule has 3 aromatic rings. The van der Waals surface area contributed by atoms with Crippen molar-refractivity contribution in [3.8, 4) is 6.01 Å². The number of hydrogen-bond acceptors (Lipinski definition) is 9. The molecule has 10 heteroatoms. The molecule has 170 valence electrons. The topological polar surface area (TPSA) is 118 Å². The van der Waals surface area contributed by atoms with Gasteiger partial charge in [0.15, 0.2) is 6.61 Å². The van der Waals surface area contributed by atoms with Gasteiger partial charge >= 0.3 is 12.0 Å². The van der Waals surface area contributed by atoms with Gasteiger partial charge in [-0.2, -0.15) is 20.1 Å². The van der Waals surface area contributed by atoms with Crippen LogP contribution in [0.1, 0.15) is 39.2 Å². The minimum absolute atomic E-state index is 0.0325. The van der Waals surface area contributed by atoms with Crippen molar-refractivity contribution in [1.29, 1.82) is 0 Å². The van der Waals surface area contributed by atoms with E-state index < -0.39 is 5.97 Å². The molecule has 2 aromatic heterocycles. The molecule has 3 rings (SSSR count). The maximum atomic E-state index is 11.7. The second-order valence-electron chi connectivity index (χ2n) is 6.98. The summed E-state index contributed by atoms with van der Waals surface area (Å²) in [5, 5.41) is 5.34. The van der Waals surface area contributed by atoms with Gasteiger partial charge < -0.3 is 19.4 Å². The van der Waals surface area contributed by atoms with Gasteiger partial charge in [-0.05, 0) is 25.8 Å². The molecule has 1 aromatic carbocycles. The molecule has 0 spiro atoms. The van der Waals surface area contributed by atoms with E-state index in [2.05, 4.69) is 44.3 Å². The van der Waals surface area contributed by atoms with Crippen molar-refractivity contribution in [1.82, 2.24) is 19.9 Å². The van der Waals surface area contributed by atoms with Crippen LogP contribution in [-0.4, -0.2) is 58.4 Å². The van der Waals surface area contributed by atoms with E-state index in [1.165, 1.54) is 0 Å². The molecule has 2 heterocycles. The van der Waals surface area contributed by atoms with Crippen LogP contribution in [0.5, 0.6) is 6.01 Å². The molecule has 0 atom stereocenters. The van der Waals surface area contributed by atoms with E-state index in [1.807, 2.05) is 35.4 Å². The predicted octanol–water partition coefficient (Wildman–Crippen LogP) is 3.37. The minimum atomic E-state index is -0.486. The number of carbonyl (C=O) groups excluding carboxylic acids is 1. The summed E-state index contributed by atoms with van der Waals surface area (Å²) in [6.07, 6.45) is 5.45. The Morgan fingerprint density at radius 2 is 1.94 bits per heavy atom. The highest BCUT2D eigenvalue weighted by molar-refractivity contribution is 5.99. The Bertz CT molecular complexity index is 1040. The molecule has 0 saturated heterocycles. The lowest BCUT2D eigenvalue weighted by atomic mass is 10.2. The molecule has 0 unspecified atom stereocenters. The summed E-state index contributed by atoms with van der Waals surface area (Å²) in [5.41, 5.74) is 4.81. The lowest BCUT2D eigenvalue weighted by molar-refractivity contribution is -0.145. The maximum absolute atomic E-state index is 11.7. The monoisotopic (exact) mass is 439 g/mol. The SMILES string of the molecule is CCCN(CCC)c1nc(N/N=C/c2c[nH]c3ccccc23)nc(OCC(=O)OCC)n1. The summed E-state index contributed by atoms with van der Waals surface area (Å²) >= 11 is 0. The lowest BCUT2D eigenvalue weighted by Gasteiger charge is -2.21. The van der Waals surface area contributed by atoms with Crippen LogP contribution in [0.4, 0.5) is 11.9 Å². The Balaban J connectivity index is 1.81. The number of hydrazone groups is 1. The third-order valence-electron chi connectivity index (χ3n) is 4.49. The normalized spacial score (nSPS) is 11.1. The van der Waals surface area contributed by atoms with Gasteiger partial charge in [0.05, 0.1) is 12.8 Å². The number of anilines is 2. The number of fused-ring (bicyclic) bond motifs is 1. The van der Waals surface area contributed by atoms with Gasteiger partial charge in [-0.25, -0.2) is 10.2 Å². The van der Waals surface area contributed by atoms with Crippen molar-refractivity contribution in [2.75, 3.05) is 36.6 Å². The van der Waals surface area contributed by atoms with Crippen molar-refractivity contribution < 1.29 is 14.3 Å². The molecule has 32 heavy (non-hydrogen) atoms. The van der Waals surface area contributed by atoms with E-state index in [0.717, 1.165) is 42.4 Å².